The number of hydrogen-bond acceptors (Lipinski definition) is 5. The summed E-state index contributed by atoms with van der Waals surface area (Å²) in [6.45, 7) is -0.165. The fourth-order valence-corrected chi connectivity index (χ4v) is 2.61. The van der Waals surface area contributed by atoms with E-state index < -0.39 is 26.7 Å². The number of hydrogen-bond donors (Lipinski definition) is 2. The zero-order chi connectivity index (χ0) is 15.5. The molecule has 1 aromatic heterocycles. The Morgan fingerprint density at radius 2 is 2.10 bits per heavy atom. The second-order valence-electron chi connectivity index (χ2n) is 3.98. The van der Waals surface area contributed by atoms with Crippen LogP contribution in [0.4, 0.5) is 4.39 Å². The van der Waals surface area contributed by atoms with Crippen molar-refractivity contribution in [2.75, 3.05) is 0 Å². The summed E-state index contributed by atoms with van der Waals surface area (Å²) in [7, 11) is -4.19. The number of aromatic carboxylic acids is 1. The molecule has 0 bridgehead atoms. The normalized spacial score (nSPS) is 11.3. The fraction of sp³-hybridized carbons (Fsp3) is 0.0833. The van der Waals surface area contributed by atoms with Crippen LogP contribution in [0.1, 0.15) is 16.1 Å². The summed E-state index contributed by atoms with van der Waals surface area (Å²) in [5.74, 6) is -2.38. The number of nitrogens with zero attached hydrogens (tertiary/aromatic N) is 2. The molecule has 0 fully saturated rings. The molecule has 0 aliphatic heterocycles. The highest BCUT2D eigenvalue weighted by atomic mass is 32.2. The Hall–Kier alpha value is -2.39. The standard InChI is InChI=1S/C12H10FN3O4S/c13-10-2-1-8(12(17)18)5-11(10)21(19,20)16-6-9-3-4-14-7-15-9/h1-5,7,16H,6H2,(H,17,18). The molecule has 0 saturated heterocycles. The average molecular weight is 311 g/mol. The summed E-state index contributed by atoms with van der Waals surface area (Å²) in [5, 5.41) is 8.82. The molecule has 7 nitrogen and oxygen atoms in total. The number of halogens is 1. The summed E-state index contributed by atoms with van der Waals surface area (Å²) in [6.07, 6.45) is 2.68. The number of sulfonamides is 1. The van der Waals surface area contributed by atoms with E-state index in [0.717, 1.165) is 18.2 Å². The molecular weight excluding hydrogens is 301 g/mol. The summed E-state index contributed by atoms with van der Waals surface area (Å²) in [4.78, 5) is 17.6. The van der Waals surface area contributed by atoms with Crippen LogP contribution >= 0.6 is 0 Å². The van der Waals surface area contributed by atoms with Crippen LogP contribution in [0.15, 0.2) is 41.7 Å². The minimum Gasteiger partial charge on any atom is -0.478 e. The molecule has 0 unspecified atom stereocenters. The first-order valence-electron chi connectivity index (χ1n) is 5.67. The number of carboxylic acids is 1. The van der Waals surface area contributed by atoms with Crippen molar-refractivity contribution in [1.82, 2.24) is 14.7 Å². The van der Waals surface area contributed by atoms with Crippen LogP contribution in [0.2, 0.25) is 0 Å². The van der Waals surface area contributed by atoms with Crippen LogP contribution in [0.25, 0.3) is 0 Å². The van der Waals surface area contributed by atoms with E-state index in [2.05, 4.69) is 14.7 Å². The van der Waals surface area contributed by atoms with Crippen LogP contribution in [0.5, 0.6) is 0 Å². The molecule has 9 heteroatoms. The van der Waals surface area contributed by atoms with Crippen molar-refractivity contribution in [3.8, 4) is 0 Å². The molecule has 0 aliphatic rings. The zero-order valence-corrected chi connectivity index (χ0v) is 11.3. The van der Waals surface area contributed by atoms with Crippen molar-refractivity contribution in [1.29, 1.82) is 0 Å². The first-order valence-corrected chi connectivity index (χ1v) is 7.16. The monoisotopic (exact) mass is 311 g/mol. The maximum atomic E-state index is 13.6. The highest BCUT2D eigenvalue weighted by Gasteiger charge is 2.21. The van der Waals surface area contributed by atoms with E-state index in [1.807, 2.05) is 0 Å². The van der Waals surface area contributed by atoms with Crippen LogP contribution in [0, 0.1) is 5.82 Å². The highest BCUT2D eigenvalue weighted by molar-refractivity contribution is 7.89. The van der Waals surface area contributed by atoms with Crippen LogP contribution < -0.4 is 4.72 Å². The predicted molar refractivity (Wildman–Crippen MR) is 69.4 cm³/mol. The Bertz CT molecular complexity index is 765. The second-order valence-corrected chi connectivity index (χ2v) is 5.71. The van der Waals surface area contributed by atoms with Crippen molar-refractivity contribution < 1.29 is 22.7 Å². The van der Waals surface area contributed by atoms with Gasteiger partial charge in [-0.2, -0.15) is 0 Å². The molecule has 1 heterocycles. The van der Waals surface area contributed by atoms with Gasteiger partial charge in [-0.05, 0) is 24.3 Å². The third kappa shape index (κ3) is 3.58. The van der Waals surface area contributed by atoms with E-state index >= 15 is 0 Å². The van der Waals surface area contributed by atoms with Gasteiger partial charge in [0.05, 0.1) is 17.8 Å². The van der Waals surface area contributed by atoms with Gasteiger partial charge >= 0.3 is 5.97 Å². The Morgan fingerprint density at radius 1 is 1.33 bits per heavy atom. The number of carbonyl (C=O) groups is 1. The predicted octanol–water partition coefficient (Wildman–Crippen LogP) is 0.792. The molecule has 0 atom stereocenters. The lowest BCUT2D eigenvalue weighted by Crippen LogP contribution is -2.25. The number of carboxylic acid groups (broad SMARTS) is 1. The molecule has 21 heavy (non-hydrogen) atoms. The molecule has 0 amide bonds. The number of aromatic nitrogens is 2. The average Bonchev–Trinajstić information content (AvgIpc) is 2.46. The molecule has 2 N–H and O–H groups in total. The first kappa shape index (κ1) is 15.0. The highest BCUT2D eigenvalue weighted by Crippen LogP contribution is 2.16. The lowest BCUT2D eigenvalue weighted by atomic mass is 10.2. The van der Waals surface area contributed by atoms with Crippen molar-refractivity contribution in [2.45, 2.75) is 11.4 Å². The quantitative estimate of drug-likeness (QED) is 0.845. The Labute approximate surface area is 119 Å². The topological polar surface area (TPSA) is 109 Å². The van der Waals surface area contributed by atoms with E-state index in [4.69, 9.17) is 5.11 Å². The summed E-state index contributed by atoms with van der Waals surface area (Å²) in [5.41, 5.74) is 0.0715. The molecule has 0 saturated carbocycles. The third-order valence-electron chi connectivity index (χ3n) is 2.55. The van der Waals surface area contributed by atoms with Gasteiger partial charge in [-0.15, -0.1) is 0 Å². The minimum absolute atomic E-state index is 0.165. The Morgan fingerprint density at radius 3 is 2.71 bits per heavy atom. The smallest absolute Gasteiger partial charge is 0.335 e. The van der Waals surface area contributed by atoms with E-state index in [1.54, 1.807) is 0 Å². The largest absolute Gasteiger partial charge is 0.478 e. The van der Waals surface area contributed by atoms with Gasteiger partial charge in [-0.25, -0.2) is 32.3 Å². The van der Waals surface area contributed by atoms with Crippen LogP contribution in [-0.2, 0) is 16.6 Å². The SMILES string of the molecule is O=C(O)c1ccc(F)c(S(=O)(=O)NCc2ccncn2)c1. The van der Waals surface area contributed by atoms with Gasteiger partial charge in [0, 0.05) is 6.20 Å². The molecule has 2 aromatic rings. The maximum Gasteiger partial charge on any atom is 0.335 e. The van der Waals surface area contributed by atoms with Gasteiger partial charge in [-0.3, -0.25) is 0 Å². The molecular formula is C12H10FN3O4S. The second kappa shape index (κ2) is 5.94. The van der Waals surface area contributed by atoms with Crippen molar-refractivity contribution in [2.24, 2.45) is 0 Å². The van der Waals surface area contributed by atoms with Gasteiger partial charge in [0.15, 0.2) is 0 Å². The van der Waals surface area contributed by atoms with Crippen molar-refractivity contribution >= 4 is 16.0 Å². The molecule has 0 radical (unpaired) electrons. The summed E-state index contributed by atoms with van der Waals surface area (Å²) < 4.78 is 39.8. The Kier molecular flexibility index (Phi) is 4.24. The van der Waals surface area contributed by atoms with Gasteiger partial charge in [-0.1, -0.05) is 0 Å². The van der Waals surface area contributed by atoms with Gasteiger partial charge in [0.1, 0.15) is 17.0 Å². The maximum absolute atomic E-state index is 13.6. The summed E-state index contributed by atoms with van der Waals surface area (Å²) in [6, 6.07) is 4.04. The van der Waals surface area contributed by atoms with Crippen LogP contribution in [0.3, 0.4) is 0 Å². The van der Waals surface area contributed by atoms with E-state index in [1.165, 1.54) is 18.6 Å². The van der Waals surface area contributed by atoms with E-state index in [9.17, 15) is 17.6 Å². The molecule has 1 aromatic carbocycles. The van der Waals surface area contributed by atoms with Crippen LogP contribution in [-0.4, -0.2) is 29.5 Å². The van der Waals surface area contributed by atoms with Crippen molar-refractivity contribution in [3.05, 3.63) is 53.9 Å². The molecule has 110 valence electrons. The fourth-order valence-electron chi connectivity index (χ4n) is 1.51. The number of rotatable bonds is 5. The van der Waals surface area contributed by atoms with Gasteiger partial charge in [0.2, 0.25) is 10.0 Å². The molecule has 0 spiro atoms. The lowest BCUT2D eigenvalue weighted by molar-refractivity contribution is 0.0696. The minimum atomic E-state index is -4.19. The third-order valence-corrected chi connectivity index (χ3v) is 3.97. The Balaban J connectivity index is 2.27. The van der Waals surface area contributed by atoms with Crippen molar-refractivity contribution in [3.63, 3.8) is 0 Å². The number of benzene rings is 1. The first-order chi connectivity index (χ1) is 9.90. The van der Waals surface area contributed by atoms with E-state index in [-0.39, 0.29) is 12.1 Å². The molecule has 0 aliphatic carbocycles. The lowest BCUT2D eigenvalue weighted by Gasteiger charge is -2.08. The van der Waals surface area contributed by atoms with Gasteiger partial charge in [0.25, 0.3) is 0 Å². The van der Waals surface area contributed by atoms with E-state index in [0.29, 0.717) is 5.69 Å². The molecule has 2 rings (SSSR count). The summed E-state index contributed by atoms with van der Waals surface area (Å²) >= 11 is 0. The zero-order valence-electron chi connectivity index (χ0n) is 10.5. The number of nitrogens with one attached hydrogen (secondary N) is 1. The van der Waals surface area contributed by atoms with Gasteiger partial charge < -0.3 is 5.11 Å².